The van der Waals surface area contributed by atoms with Gasteiger partial charge in [-0.3, -0.25) is 9.59 Å². The van der Waals surface area contributed by atoms with Gasteiger partial charge < -0.3 is 14.9 Å². The van der Waals surface area contributed by atoms with Crippen molar-refractivity contribution in [2.45, 2.75) is 51.0 Å². The Morgan fingerprint density at radius 1 is 1.07 bits per heavy atom. The highest BCUT2D eigenvalue weighted by Crippen LogP contribution is 2.37. The zero-order valence-electron chi connectivity index (χ0n) is 15.9. The van der Waals surface area contributed by atoms with Gasteiger partial charge in [0.25, 0.3) is 5.91 Å². The minimum absolute atomic E-state index is 0.0966. The summed E-state index contributed by atoms with van der Waals surface area (Å²) in [4.78, 5) is 37.5. The standard InChI is InChI=1S/C20H28N4O3/c1-14-21-10-16(11-22-14)19(26)24-9-7-20(27)6-8-23(12-17(20)13-24)18(25)15-4-2-3-5-15/h10-11,15,17,27H,2-9,12-13H2,1H3. The number of aromatic nitrogens is 2. The van der Waals surface area contributed by atoms with Crippen LogP contribution in [0.1, 0.15) is 54.7 Å². The first kappa shape index (κ1) is 18.3. The van der Waals surface area contributed by atoms with Gasteiger partial charge in [-0.05, 0) is 32.6 Å². The van der Waals surface area contributed by atoms with Crippen LogP contribution in [0.2, 0.25) is 0 Å². The van der Waals surface area contributed by atoms with E-state index in [1.807, 2.05) is 4.90 Å². The molecule has 1 saturated carbocycles. The summed E-state index contributed by atoms with van der Waals surface area (Å²) in [6.07, 6.45) is 8.53. The highest BCUT2D eigenvalue weighted by atomic mass is 16.3. The van der Waals surface area contributed by atoms with Crippen molar-refractivity contribution in [2.24, 2.45) is 11.8 Å². The summed E-state index contributed by atoms with van der Waals surface area (Å²) in [5, 5.41) is 11.1. The highest BCUT2D eigenvalue weighted by molar-refractivity contribution is 5.93. The second-order valence-corrected chi connectivity index (χ2v) is 8.34. The van der Waals surface area contributed by atoms with E-state index in [-0.39, 0.29) is 23.7 Å². The van der Waals surface area contributed by atoms with E-state index < -0.39 is 5.60 Å². The highest BCUT2D eigenvalue weighted by Gasteiger charge is 2.47. The van der Waals surface area contributed by atoms with Gasteiger partial charge in [0.05, 0.1) is 11.2 Å². The molecule has 2 amide bonds. The summed E-state index contributed by atoms with van der Waals surface area (Å²) in [7, 11) is 0. The van der Waals surface area contributed by atoms with Gasteiger partial charge in [-0.25, -0.2) is 9.97 Å². The van der Waals surface area contributed by atoms with Crippen LogP contribution in [0.25, 0.3) is 0 Å². The Kier molecular flexibility index (Phi) is 4.88. The largest absolute Gasteiger partial charge is 0.389 e. The smallest absolute Gasteiger partial charge is 0.257 e. The van der Waals surface area contributed by atoms with Gasteiger partial charge in [0, 0.05) is 50.4 Å². The summed E-state index contributed by atoms with van der Waals surface area (Å²) >= 11 is 0. The first-order valence-electron chi connectivity index (χ1n) is 10.1. The Labute approximate surface area is 159 Å². The van der Waals surface area contributed by atoms with Gasteiger partial charge in [0.2, 0.25) is 5.91 Å². The molecule has 3 aliphatic rings. The van der Waals surface area contributed by atoms with Crippen molar-refractivity contribution >= 4 is 11.8 Å². The van der Waals surface area contributed by atoms with Crippen LogP contribution in [0.3, 0.4) is 0 Å². The van der Waals surface area contributed by atoms with Crippen LogP contribution in [0.4, 0.5) is 0 Å². The summed E-state index contributed by atoms with van der Waals surface area (Å²) in [5.74, 6) is 0.831. The molecule has 1 aromatic heterocycles. The SMILES string of the molecule is Cc1ncc(C(=O)N2CCC3(O)CCN(C(=O)C4CCCC4)CC3C2)cn1. The number of likely N-dealkylation sites (tertiary alicyclic amines) is 2. The zero-order valence-corrected chi connectivity index (χ0v) is 15.9. The van der Waals surface area contributed by atoms with Crippen molar-refractivity contribution in [1.82, 2.24) is 19.8 Å². The van der Waals surface area contributed by atoms with E-state index in [4.69, 9.17) is 0 Å². The third-order valence-electron chi connectivity index (χ3n) is 6.60. The van der Waals surface area contributed by atoms with E-state index in [2.05, 4.69) is 9.97 Å². The Bertz CT molecular complexity index is 716. The summed E-state index contributed by atoms with van der Waals surface area (Å²) in [6, 6.07) is 0. The second kappa shape index (κ2) is 7.19. The first-order chi connectivity index (χ1) is 13.0. The Morgan fingerprint density at radius 3 is 2.33 bits per heavy atom. The van der Waals surface area contributed by atoms with Gasteiger partial charge in [-0.2, -0.15) is 0 Å². The topological polar surface area (TPSA) is 86.6 Å². The number of hydrogen-bond donors (Lipinski definition) is 1. The first-order valence-corrected chi connectivity index (χ1v) is 10.1. The number of hydrogen-bond acceptors (Lipinski definition) is 5. The van der Waals surface area contributed by atoms with Crippen LogP contribution in [0.15, 0.2) is 12.4 Å². The monoisotopic (exact) mass is 372 g/mol. The predicted octanol–water partition coefficient (Wildman–Crippen LogP) is 1.40. The number of piperidine rings is 2. The maximum absolute atomic E-state index is 12.8. The molecule has 7 heteroatoms. The number of fused-ring (bicyclic) bond motifs is 1. The molecule has 2 aliphatic heterocycles. The van der Waals surface area contributed by atoms with Crippen molar-refractivity contribution in [1.29, 1.82) is 0 Å². The molecule has 4 rings (SSSR count). The molecule has 0 bridgehead atoms. The Morgan fingerprint density at radius 2 is 1.67 bits per heavy atom. The molecular formula is C20H28N4O3. The molecule has 7 nitrogen and oxygen atoms in total. The number of rotatable bonds is 2. The Balaban J connectivity index is 1.44. The van der Waals surface area contributed by atoms with Crippen LogP contribution in [0.5, 0.6) is 0 Å². The van der Waals surface area contributed by atoms with Crippen LogP contribution >= 0.6 is 0 Å². The number of carbonyl (C=O) groups excluding carboxylic acids is 2. The average Bonchev–Trinajstić information content (AvgIpc) is 3.21. The quantitative estimate of drug-likeness (QED) is 0.848. The van der Waals surface area contributed by atoms with Crippen molar-refractivity contribution in [3.8, 4) is 0 Å². The molecular weight excluding hydrogens is 344 g/mol. The Hall–Kier alpha value is -2.02. The molecule has 3 heterocycles. The maximum Gasteiger partial charge on any atom is 0.257 e. The molecule has 27 heavy (non-hydrogen) atoms. The van der Waals surface area contributed by atoms with Crippen molar-refractivity contribution < 1.29 is 14.7 Å². The third kappa shape index (κ3) is 3.57. The lowest BCUT2D eigenvalue weighted by Crippen LogP contribution is -2.61. The molecule has 1 aromatic rings. The van der Waals surface area contributed by atoms with Crippen molar-refractivity contribution in [3.05, 3.63) is 23.8 Å². The van der Waals surface area contributed by atoms with Gasteiger partial charge in [0.1, 0.15) is 5.82 Å². The fraction of sp³-hybridized carbons (Fsp3) is 0.700. The van der Waals surface area contributed by atoms with E-state index >= 15 is 0 Å². The zero-order chi connectivity index (χ0) is 19.0. The van der Waals surface area contributed by atoms with Gasteiger partial charge >= 0.3 is 0 Å². The fourth-order valence-corrected chi connectivity index (χ4v) is 4.80. The van der Waals surface area contributed by atoms with E-state index in [0.29, 0.717) is 50.4 Å². The van der Waals surface area contributed by atoms with Gasteiger partial charge in [0.15, 0.2) is 0 Å². The molecule has 0 spiro atoms. The maximum atomic E-state index is 12.8. The molecule has 3 fully saturated rings. The van der Waals surface area contributed by atoms with Crippen LogP contribution in [0, 0.1) is 18.8 Å². The number of carbonyl (C=O) groups is 2. The summed E-state index contributed by atoms with van der Waals surface area (Å²) < 4.78 is 0. The molecule has 0 aromatic carbocycles. The number of nitrogens with zero attached hydrogens (tertiary/aromatic N) is 4. The lowest BCUT2D eigenvalue weighted by atomic mass is 9.75. The number of amides is 2. The lowest BCUT2D eigenvalue weighted by Gasteiger charge is -2.50. The molecule has 1 N–H and O–H groups in total. The average molecular weight is 372 g/mol. The summed E-state index contributed by atoms with van der Waals surface area (Å²) in [5.41, 5.74) is -0.298. The molecule has 0 radical (unpaired) electrons. The van der Waals surface area contributed by atoms with E-state index in [1.165, 1.54) is 0 Å². The van der Waals surface area contributed by atoms with Crippen molar-refractivity contribution in [2.75, 3.05) is 26.2 Å². The summed E-state index contributed by atoms with van der Waals surface area (Å²) in [6.45, 7) is 3.95. The van der Waals surface area contributed by atoms with Gasteiger partial charge in [-0.1, -0.05) is 12.8 Å². The second-order valence-electron chi connectivity index (χ2n) is 8.34. The third-order valence-corrected chi connectivity index (χ3v) is 6.60. The van der Waals surface area contributed by atoms with Crippen molar-refractivity contribution in [3.63, 3.8) is 0 Å². The fourth-order valence-electron chi connectivity index (χ4n) is 4.80. The minimum Gasteiger partial charge on any atom is -0.389 e. The van der Waals surface area contributed by atoms with Crippen LogP contribution in [-0.2, 0) is 4.79 Å². The minimum atomic E-state index is -0.771. The van der Waals surface area contributed by atoms with Crippen LogP contribution in [-0.4, -0.2) is 68.5 Å². The molecule has 146 valence electrons. The predicted molar refractivity (Wildman–Crippen MR) is 98.9 cm³/mol. The molecule has 2 unspecified atom stereocenters. The van der Waals surface area contributed by atoms with E-state index in [0.717, 1.165) is 25.7 Å². The van der Waals surface area contributed by atoms with Gasteiger partial charge in [-0.15, -0.1) is 0 Å². The number of aryl methyl sites for hydroxylation is 1. The molecule has 2 saturated heterocycles. The van der Waals surface area contributed by atoms with E-state index in [1.54, 1.807) is 24.2 Å². The van der Waals surface area contributed by atoms with Crippen LogP contribution < -0.4 is 0 Å². The molecule has 1 aliphatic carbocycles. The number of aliphatic hydroxyl groups is 1. The molecule has 2 atom stereocenters. The normalized spacial score (nSPS) is 28.9. The van der Waals surface area contributed by atoms with E-state index in [9.17, 15) is 14.7 Å². The lowest BCUT2D eigenvalue weighted by molar-refractivity contribution is -0.148.